The molecule has 0 aliphatic heterocycles. The highest BCUT2D eigenvalue weighted by molar-refractivity contribution is 5.29. The van der Waals surface area contributed by atoms with E-state index in [1.807, 2.05) is 11.1 Å². The Hall–Kier alpha value is -0.340. The summed E-state index contributed by atoms with van der Waals surface area (Å²) in [5.74, 6) is 1.59. The zero-order valence-corrected chi connectivity index (χ0v) is 16.1. The van der Waals surface area contributed by atoms with Crippen molar-refractivity contribution in [1.29, 1.82) is 0 Å². The molecule has 0 heterocycles. The molecule has 1 saturated carbocycles. The fourth-order valence-corrected chi connectivity index (χ4v) is 5.83. The van der Waals surface area contributed by atoms with Gasteiger partial charge in [0.2, 0.25) is 0 Å². The molecular formula is C21H39NO. The van der Waals surface area contributed by atoms with Crippen molar-refractivity contribution in [3.05, 3.63) is 11.1 Å². The summed E-state index contributed by atoms with van der Waals surface area (Å²) in [6.07, 6.45) is 11.3. The Balaban J connectivity index is 0.000000924. The normalized spacial score (nSPS) is 39.5. The maximum absolute atomic E-state index is 10.1. The third kappa shape index (κ3) is 3.54. The Labute approximate surface area is 143 Å². The smallest absolute Gasteiger partial charge is 0.0543 e. The van der Waals surface area contributed by atoms with Gasteiger partial charge in [-0.05, 0) is 81.1 Å². The molecule has 2 heteroatoms. The van der Waals surface area contributed by atoms with Crippen LogP contribution in [-0.4, -0.2) is 18.3 Å². The second-order valence-corrected chi connectivity index (χ2v) is 8.94. The summed E-state index contributed by atoms with van der Waals surface area (Å²) in [7, 11) is 1.50. The van der Waals surface area contributed by atoms with E-state index in [0.717, 1.165) is 24.7 Å². The molecule has 0 aromatic rings. The molecular weight excluding hydrogens is 282 g/mol. The van der Waals surface area contributed by atoms with Crippen molar-refractivity contribution in [3.63, 3.8) is 0 Å². The van der Waals surface area contributed by atoms with E-state index < -0.39 is 0 Å². The van der Waals surface area contributed by atoms with Crippen molar-refractivity contribution >= 4 is 0 Å². The number of allylic oxidation sites excluding steroid dienone is 2. The fraction of sp³-hybridized carbons (Fsp3) is 0.905. The van der Waals surface area contributed by atoms with Gasteiger partial charge in [-0.2, -0.15) is 0 Å². The molecule has 0 bridgehead atoms. The number of hydrogen-bond donors (Lipinski definition) is 2. The van der Waals surface area contributed by atoms with Gasteiger partial charge in [-0.3, -0.25) is 0 Å². The molecule has 1 fully saturated rings. The molecule has 4 atom stereocenters. The first-order valence-corrected chi connectivity index (χ1v) is 9.84. The van der Waals surface area contributed by atoms with Gasteiger partial charge in [0.15, 0.2) is 0 Å². The molecule has 3 N–H and O–H groups in total. The first kappa shape index (κ1) is 19.0. The number of aliphatic hydroxyl groups excluding tert-OH is 1. The monoisotopic (exact) mass is 321 g/mol. The van der Waals surface area contributed by atoms with Crippen LogP contribution in [0.5, 0.6) is 0 Å². The van der Waals surface area contributed by atoms with Crippen molar-refractivity contribution < 1.29 is 5.11 Å². The molecule has 0 aromatic carbocycles. The van der Waals surface area contributed by atoms with Crippen molar-refractivity contribution in [2.75, 3.05) is 7.05 Å². The number of hydrogen-bond acceptors (Lipinski definition) is 2. The maximum atomic E-state index is 10.1. The van der Waals surface area contributed by atoms with Crippen LogP contribution in [0.15, 0.2) is 11.1 Å². The first-order chi connectivity index (χ1) is 10.9. The van der Waals surface area contributed by atoms with Crippen LogP contribution in [0.4, 0.5) is 0 Å². The summed E-state index contributed by atoms with van der Waals surface area (Å²) < 4.78 is 0. The number of rotatable bonds is 2. The zero-order valence-electron chi connectivity index (χ0n) is 16.1. The average Bonchev–Trinajstić information content (AvgIpc) is 2.86. The van der Waals surface area contributed by atoms with Crippen LogP contribution in [0, 0.1) is 22.7 Å². The van der Waals surface area contributed by atoms with Crippen LogP contribution >= 0.6 is 0 Å². The summed E-state index contributed by atoms with van der Waals surface area (Å²) in [5.41, 5.74) is 9.08. The average molecular weight is 322 g/mol. The minimum absolute atomic E-state index is 0.0354. The van der Waals surface area contributed by atoms with E-state index in [1.165, 1.54) is 52.0 Å². The molecule has 3 aliphatic carbocycles. The topological polar surface area (TPSA) is 46.2 Å². The van der Waals surface area contributed by atoms with E-state index in [0.29, 0.717) is 10.8 Å². The van der Waals surface area contributed by atoms with Gasteiger partial charge < -0.3 is 10.8 Å². The molecule has 134 valence electrons. The largest absolute Gasteiger partial charge is 0.393 e. The highest BCUT2D eigenvalue weighted by Crippen LogP contribution is 2.57. The van der Waals surface area contributed by atoms with E-state index in [-0.39, 0.29) is 6.10 Å². The molecule has 3 rings (SSSR count). The van der Waals surface area contributed by atoms with Crippen molar-refractivity contribution in [3.8, 4) is 0 Å². The standard InChI is InChI=1S/C20H34O.CH5N/c1-5-15-13-17(21)9-11-20(15,4)16-6-7-18-14(12-16)8-10-19(18,2)3;1-2/h15-17,21H,5-13H2,1-4H3;2H2,1H3. The summed E-state index contributed by atoms with van der Waals surface area (Å²) in [6.45, 7) is 9.77. The molecule has 23 heavy (non-hydrogen) atoms. The van der Waals surface area contributed by atoms with E-state index in [1.54, 1.807) is 0 Å². The van der Waals surface area contributed by atoms with Gasteiger partial charge in [0, 0.05) is 0 Å². The highest BCUT2D eigenvalue weighted by Gasteiger charge is 2.46. The lowest BCUT2D eigenvalue weighted by molar-refractivity contribution is -0.0250. The fourth-order valence-electron chi connectivity index (χ4n) is 5.83. The van der Waals surface area contributed by atoms with Gasteiger partial charge in [0.05, 0.1) is 6.10 Å². The molecule has 0 spiro atoms. The number of nitrogens with two attached hydrogens (primary N) is 1. The summed E-state index contributed by atoms with van der Waals surface area (Å²) >= 11 is 0. The summed E-state index contributed by atoms with van der Waals surface area (Å²) in [6, 6.07) is 0. The predicted octanol–water partition coefficient (Wildman–Crippen LogP) is 5.06. The Morgan fingerprint density at radius 1 is 1.09 bits per heavy atom. The van der Waals surface area contributed by atoms with Gasteiger partial charge in [-0.15, -0.1) is 0 Å². The van der Waals surface area contributed by atoms with Gasteiger partial charge >= 0.3 is 0 Å². The second-order valence-electron chi connectivity index (χ2n) is 8.94. The predicted molar refractivity (Wildman–Crippen MR) is 99.2 cm³/mol. The minimum Gasteiger partial charge on any atom is -0.393 e. The quantitative estimate of drug-likeness (QED) is 0.699. The zero-order chi connectivity index (χ0) is 17.3. The van der Waals surface area contributed by atoms with Crippen LogP contribution in [-0.2, 0) is 0 Å². The van der Waals surface area contributed by atoms with E-state index in [9.17, 15) is 5.11 Å². The van der Waals surface area contributed by atoms with E-state index >= 15 is 0 Å². The highest BCUT2D eigenvalue weighted by atomic mass is 16.3. The molecule has 0 aromatic heterocycles. The Morgan fingerprint density at radius 3 is 2.43 bits per heavy atom. The molecule has 0 radical (unpaired) electrons. The van der Waals surface area contributed by atoms with Gasteiger partial charge in [-0.1, -0.05) is 45.3 Å². The Bertz CT molecular complexity index is 439. The number of aliphatic hydroxyl groups is 1. The van der Waals surface area contributed by atoms with Crippen LogP contribution in [0.25, 0.3) is 0 Å². The molecule has 0 amide bonds. The van der Waals surface area contributed by atoms with Crippen LogP contribution < -0.4 is 5.73 Å². The first-order valence-electron chi connectivity index (χ1n) is 9.84. The molecule has 2 nitrogen and oxygen atoms in total. The molecule has 3 aliphatic rings. The Morgan fingerprint density at radius 2 is 1.78 bits per heavy atom. The SMILES string of the molecule is CCC1CC(O)CCC1(C)C1CCC2=C(CCC2(C)C)C1.CN. The third-order valence-corrected chi connectivity index (χ3v) is 7.46. The molecule has 0 saturated heterocycles. The third-order valence-electron chi connectivity index (χ3n) is 7.46. The van der Waals surface area contributed by atoms with Gasteiger partial charge in [-0.25, -0.2) is 0 Å². The van der Waals surface area contributed by atoms with Crippen LogP contribution in [0.1, 0.15) is 85.5 Å². The maximum Gasteiger partial charge on any atom is 0.0543 e. The van der Waals surface area contributed by atoms with Crippen molar-refractivity contribution in [1.82, 2.24) is 0 Å². The summed E-state index contributed by atoms with van der Waals surface area (Å²) in [4.78, 5) is 0. The second kappa shape index (κ2) is 7.27. The van der Waals surface area contributed by atoms with Crippen molar-refractivity contribution in [2.24, 2.45) is 28.4 Å². The Kier molecular flexibility index (Phi) is 6.00. The summed E-state index contributed by atoms with van der Waals surface area (Å²) in [5, 5.41) is 10.1. The lowest BCUT2D eigenvalue weighted by atomic mass is 9.56. The van der Waals surface area contributed by atoms with Crippen molar-refractivity contribution in [2.45, 2.75) is 91.6 Å². The molecule has 4 unspecified atom stereocenters. The van der Waals surface area contributed by atoms with Gasteiger partial charge in [0.1, 0.15) is 0 Å². The minimum atomic E-state index is -0.0354. The van der Waals surface area contributed by atoms with Crippen LogP contribution in [0.3, 0.4) is 0 Å². The van der Waals surface area contributed by atoms with Crippen LogP contribution in [0.2, 0.25) is 0 Å². The van der Waals surface area contributed by atoms with Gasteiger partial charge in [0.25, 0.3) is 0 Å². The van der Waals surface area contributed by atoms with E-state index in [4.69, 9.17) is 0 Å². The lowest BCUT2D eigenvalue weighted by Crippen LogP contribution is -2.42. The van der Waals surface area contributed by atoms with E-state index in [2.05, 4.69) is 33.4 Å². The lowest BCUT2D eigenvalue weighted by Gasteiger charge is -2.50.